The molecule has 4 nitrogen and oxygen atoms in total. The second-order valence-corrected chi connectivity index (χ2v) is 15.0. The van der Waals surface area contributed by atoms with Gasteiger partial charge in [0.15, 0.2) is 0 Å². The molecule has 1 N–H and O–H groups in total. The Balaban J connectivity index is 1.29. The van der Waals surface area contributed by atoms with Gasteiger partial charge in [-0.25, -0.2) is 0 Å². The van der Waals surface area contributed by atoms with Gasteiger partial charge in [0.2, 0.25) is 0 Å². The SMILES string of the molecule is Cc1cc(OC(=O)C(C)c2ccc3cc(O)ccc3c2)c(C)c2c1OC(C)(CCCC(C)CCCC(C)CCCC(C)C)CC2. The minimum atomic E-state index is -0.418. The molecule has 1 aliphatic heterocycles. The van der Waals surface area contributed by atoms with Crippen molar-refractivity contribution in [2.75, 3.05) is 0 Å². The first-order valence-corrected chi connectivity index (χ1v) is 17.6. The van der Waals surface area contributed by atoms with Gasteiger partial charge in [0.1, 0.15) is 22.8 Å². The smallest absolute Gasteiger partial charge is 0.318 e. The largest absolute Gasteiger partial charge is 0.508 e. The summed E-state index contributed by atoms with van der Waals surface area (Å²) in [6.45, 7) is 17.8. The van der Waals surface area contributed by atoms with Crippen molar-refractivity contribution in [2.45, 2.75) is 138 Å². The number of fused-ring (bicyclic) bond motifs is 2. The molecule has 3 aromatic carbocycles. The van der Waals surface area contributed by atoms with E-state index >= 15 is 0 Å². The normalized spacial score (nSPS) is 18.3. The maximum absolute atomic E-state index is 13.3. The quantitative estimate of drug-likeness (QED) is 0.137. The van der Waals surface area contributed by atoms with Crippen molar-refractivity contribution in [3.8, 4) is 17.2 Å². The number of benzene rings is 3. The maximum atomic E-state index is 13.3. The van der Waals surface area contributed by atoms with Crippen LogP contribution >= 0.6 is 0 Å². The summed E-state index contributed by atoms with van der Waals surface area (Å²) in [5, 5.41) is 11.7. The number of ether oxygens (including phenoxy) is 2. The van der Waals surface area contributed by atoms with Crippen LogP contribution in [-0.2, 0) is 11.2 Å². The summed E-state index contributed by atoms with van der Waals surface area (Å²) in [4.78, 5) is 13.3. The molecule has 3 aromatic rings. The van der Waals surface area contributed by atoms with Crippen molar-refractivity contribution in [3.05, 3.63) is 64.7 Å². The van der Waals surface area contributed by atoms with Crippen LogP contribution in [0.4, 0.5) is 0 Å². The van der Waals surface area contributed by atoms with E-state index in [1.807, 2.05) is 44.2 Å². The van der Waals surface area contributed by atoms with E-state index in [0.29, 0.717) is 5.75 Å². The summed E-state index contributed by atoms with van der Waals surface area (Å²) in [5.74, 6) is 3.59. The van der Waals surface area contributed by atoms with E-state index in [-0.39, 0.29) is 17.3 Å². The molecule has 4 rings (SSSR count). The number of carbonyl (C=O) groups is 1. The van der Waals surface area contributed by atoms with E-state index < -0.39 is 5.92 Å². The van der Waals surface area contributed by atoms with Crippen molar-refractivity contribution in [3.63, 3.8) is 0 Å². The monoisotopic (exact) mass is 614 g/mol. The number of phenols is 1. The molecule has 1 heterocycles. The van der Waals surface area contributed by atoms with Gasteiger partial charge < -0.3 is 14.6 Å². The summed E-state index contributed by atoms with van der Waals surface area (Å²) in [7, 11) is 0. The number of hydrogen-bond acceptors (Lipinski definition) is 4. The maximum Gasteiger partial charge on any atom is 0.318 e. The van der Waals surface area contributed by atoms with Crippen molar-refractivity contribution >= 4 is 16.7 Å². The topological polar surface area (TPSA) is 55.8 Å². The van der Waals surface area contributed by atoms with Crippen LogP contribution < -0.4 is 9.47 Å². The van der Waals surface area contributed by atoms with E-state index in [2.05, 4.69) is 41.5 Å². The average Bonchev–Trinajstić information content (AvgIpc) is 2.98. The predicted octanol–water partition coefficient (Wildman–Crippen LogP) is 11.4. The molecule has 0 spiro atoms. The highest BCUT2D eigenvalue weighted by Crippen LogP contribution is 2.43. The number of rotatable bonds is 15. The molecule has 4 atom stereocenters. The highest BCUT2D eigenvalue weighted by Gasteiger charge is 2.34. The van der Waals surface area contributed by atoms with Crippen molar-refractivity contribution < 1.29 is 19.4 Å². The Bertz CT molecular complexity index is 1440. The molecule has 0 fully saturated rings. The number of carbonyl (C=O) groups excluding carboxylic acids is 1. The lowest BCUT2D eigenvalue weighted by Gasteiger charge is -2.38. The molecule has 0 radical (unpaired) electrons. The van der Waals surface area contributed by atoms with E-state index in [9.17, 15) is 9.90 Å². The third-order valence-electron chi connectivity index (χ3n) is 10.2. The van der Waals surface area contributed by atoms with Gasteiger partial charge in [0, 0.05) is 5.56 Å². The van der Waals surface area contributed by atoms with Gasteiger partial charge in [-0.1, -0.05) is 96.9 Å². The molecule has 1 aliphatic rings. The Hall–Kier alpha value is -3.01. The van der Waals surface area contributed by atoms with E-state index in [0.717, 1.165) is 70.2 Å². The van der Waals surface area contributed by atoms with Gasteiger partial charge in [0.25, 0.3) is 0 Å². The fourth-order valence-electron chi connectivity index (χ4n) is 7.00. The molecule has 0 saturated carbocycles. The summed E-state index contributed by atoms with van der Waals surface area (Å²) in [5.41, 5.74) is 3.93. The number of hydrogen-bond donors (Lipinski definition) is 1. The Morgan fingerprint density at radius 3 is 2.18 bits per heavy atom. The first-order valence-electron chi connectivity index (χ1n) is 17.6. The number of aromatic hydroxyl groups is 1. The summed E-state index contributed by atoms with van der Waals surface area (Å²) >= 11 is 0. The minimum Gasteiger partial charge on any atom is -0.508 e. The lowest BCUT2D eigenvalue weighted by molar-refractivity contribution is -0.135. The van der Waals surface area contributed by atoms with E-state index in [4.69, 9.17) is 9.47 Å². The molecule has 0 saturated heterocycles. The number of aryl methyl sites for hydroxylation is 1. The van der Waals surface area contributed by atoms with Crippen molar-refractivity contribution in [2.24, 2.45) is 17.8 Å². The third kappa shape index (κ3) is 9.50. The minimum absolute atomic E-state index is 0.158. The molecular weight excluding hydrogens is 556 g/mol. The molecule has 45 heavy (non-hydrogen) atoms. The molecule has 0 aliphatic carbocycles. The lowest BCUT2D eigenvalue weighted by Crippen LogP contribution is -2.37. The Labute approximate surface area is 272 Å². The van der Waals surface area contributed by atoms with E-state index in [1.165, 1.54) is 56.9 Å². The van der Waals surface area contributed by atoms with Gasteiger partial charge in [-0.15, -0.1) is 0 Å². The van der Waals surface area contributed by atoms with Gasteiger partial charge >= 0.3 is 5.97 Å². The fraction of sp³-hybridized carbons (Fsp3) is 0.585. The Kier molecular flexibility index (Phi) is 12.0. The highest BCUT2D eigenvalue weighted by molar-refractivity contribution is 5.87. The van der Waals surface area contributed by atoms with Gasteiger partial charge in [-0.05, 0) is 117 Å². The number of phenolic OH excluding ortho intramolecular Hbond substituents is 1. The van der Waals surface area contributed by atoms with Crippen LogP contribution in [-0.4, -0.2) is 16.7 Å². The summed E-state index contributed by atoms with van der Waals surface area (Å²) in [6, 6.07) is 13.1. The first-order chi connectivity index (χ1) is 21.3. The molecule has 0 bridgehead atoms. The third-order valence-corrected chi connectivity index (χ3v) is 10.2. The predicted molar refractivity (Wildman–Crippen MR) is 188 cm³/mol. The first kappa shape index (κ1) is 34.9. The standard InChI is InChI=1S/C41H58O4/c1-27(2)12-9-13-28(3)14-10-15-29(4)16-11-22-41(8)23-21-37-32(7)38(24-30(5)39(37)45-41)44-40(43)31(6)33-17-18-35-26-36(42)20-19-34(35)25-33/h17-20,24-29,31,42H,9-16,21-23H2,1-8H3. The molecule has 4 unspecified atom stereocenters. The molecule has 0 aromatic heterocycles. The zero-order valence-corrected chi connectivity index (χ0v) is 29.3. The van der Waals surface area contributed by atoms with Gasteiger partial charge in [-0.2, -0.15) is 0 Å². The second kappa shape index (κ2) is 15.5. The van der Waals surface area contributed by atoms with Crippen LogP contribution in [0.25, 0.3) is 10.8 Å². The zero-order valence-electron chi connectivity index (χ0n) is 29.3. The average molecular weight is 615 g/mol. The van der Waals surface area contributed by atoms with Crippen LogP contribution in [0.3, 0.4) is 0 Å². The summed E-state index contributed by atoms with van der Waals surface area (Å²) in [6.07, 6.45) is 13.6. The number of esters is 1. The highest BCUT2D eigenvalue weighted by atomic mass is 16.5. The Morgan fingerprint density at radius 2 is 1.49 bits per heavy atom. The molecule has 0 amide bonds. The van der Waals surface area contributed by atoms with Crippen molar-refractivity contribution in [1.29, 1.82) is 0 Å². The fourth-order valence-corrected chi connectivity index (χ4v) is 7.00. The molecular formula is C41H58O4. The van der Waals surface area contributed by atoms with Gasteiger partial charge in [-0.3, -0.25) is 4.79 Å². The van der Waals surface area contributed by atoms with Crippen LogP contribution in [0.1, 0.15) is 134 Å². The molecule has 246 valence electrons. The summed E-state index contributed by atoms with van der Waals surface area (Å²) < 4.78 is 12.8. The van der Waals surface area contributed by atoms with E-state index in [1.54, 1.807) is 12.1 Å². The van der Waals surface area contributed by atoms with Crippen LogP contribution in [0.5, 0.6) is 17.2 Å². The van der Waals surface area contributed by atoms with Crippen molar-refractivity contribution in [1.82, 2.24) is 0 Å². The second-order valence-electron chi connectivity index (χ2n) is 15.0. The zero-order chi connectivity index (χ0) is 32.7. The molecule has 4 heteroatoms. The Morgan fingerprint density at radius 1 is 0.867 bits per heavy atom. The van der Waals surface area contributed by atoms with Crippen LogP contribution in [0, 0.1) is 31.6 Å². The lowest BCUT2D eigenvalue weighted by atomic mass is 9.84. The van der Waals surface area contributed by atoms with Crippen LogP contribution in [0.2, 0.25) is 0 Å². The van der Waals surface area contributed by atoms with Gasteiger partial charge in [0.05, 0.1) is 5.92 Å². The van der Waals surface area contributed by atoms with Crippen LogP contribution in [0.15, 0.2) is 42.5 Å².